The average Bonchev–Trinajstić information content (AvgIpc) is 2.81. The summed E-state index contributed by atoms with van der Waals surface area (Å²) in [5.74, 6) is 0.742. The van der Waals surface area contributed by atoms with Crippen LogP contribution < -0.4 is 15.4 Å². The first-order valence-corrected chi connectivity index (χ1v) is 8.44. The van der Waals surface area contributed by atoms with Crippen LogP contribution in [0.25, 0.3) is 0 Å². The lowest BCUT2D eigenvalue weighted by molar-refractivity contribution is -0.136. The van der Waals surface area contributed by atoms with Crippen LogP contribution in [0.4, 0.5) is 11.6 Å². The number of nitrogens with zero attached hydrogens (tertiary/aromatic N) is 3. The molecule has 24 heavy (non-hydrogen) atoms. The molecule has 2 amide bonds. The molecule has 1 fully saturated rings. The molecule has 0 aromatic carbocycles. The van der Waals surface area contributed by atoms with Gasteiger partial charge in [0.15, 0.2) is 17.2 Å². The highest BCUT2D eigenvalue weighted by Gasteiger charge is 2.43. The van der Waals surface area contributed by atoms with Gasteiger partial charge in [-0.3, -0.25) is 14.5 Å². The maximum absolute atomic E-state index is 12.8. The molecule has 0 spiro atoms. The Morgan fingerprint density at radius 2 is 1.92 bits per heavy atom. The van der Waals surface area contributed by atoms with Gasteiger partial charge in [0.05, 0.1) is 0 Å². The highest BCUT2D eigenvalue weighted by atomic mass is 16.5. The Balaban J connectivity index is 1.86. The molecule has 7 heteroatoms. The van der Waals surface area contributed by atoms with Gasteiger partial charge in [-0.05, 0) is 38.8 Å². The number of nitrogen functional groups attached to an aromatic ring is 1. The van der Waals surface area contributed by atoms with Gasteiger partial charge in [-0.2, -0.15) is 0 Å². The fourth-order valence-electron chi connectivity index (χ4n) is 3.17. The van der Waals surface area contributed by atoms with Crippen LogP contribution in [0, 0.1) is 0 Å². The Hall–Kier alpha value is -2.31. The number of rotatable bonds is 2. The van der Waals surface area contributed by atoms with E-state index in [-0.39, 0.29) is 24.2 Å². The van der Waals surface area contributed by atoms with Crippen LogP contribution >= 0.6 is 0 Å². The van der Waals surface area contributed by atoms with Gasteiger partial charge in [0, 0.05) is 13.1 Å². The zero-order chi connectivity index (χ0) is 17.3. The molecule has 2 aliphatic heterocycles. The largest absolute Gasteiger partial charge is 0.474 e. The van der Waals surface area contributed by atoms with Gasteiger partial charge in [-0.1, -0.05) is 12.8 Å². The lowest BCUT2D eigenvalue weighted by Crippen LogP contribution is -2.55. The molecule has 1 saturated heterocycles. The van der Waals surface area contributed by atoms with E-state index < -0.39 is 5.60 Å². The maximum atomic E-state index is 12.8. The molecule has 130 valence electrons. The second-order valence-electron chi connectivity index (χ2n) is 6.86. The van der Waals surface area contributed by atoms with Crippen molar-refractivity contribution >= 4 is 23.5 Å². The van der Waals surface area contributed by atoms with Crippen LogP contribution in [-0.2, 0) is 9.59 Å². The van der Waals surface area contributed by atoms with Gasteiger partial charge in [0.2, 0.25) is 5.91 Å². The molecule has 2 aliphatic rings. The minimum atomic E-state index is -1.04. The predicted octanol–water partition coefficient (Wildman–Crippen LogP) is 1.57. The minimum absolute atomic E-state index is 0.0327. The van der Waals surface area contributed by atoms with Crippen LogP contribution in [0.3, 0.4) is 0 Å². The van der Waals surface area contributed by atoms with E-state index in [0.29, 0.717) is 11.6 Å². The van der Waals surface area contributed by atoms with Crippen LogP contribution in [0.5, 0.6) is 5.75 Å². The molecule has 0 bridgehead atoms. The van der Waals surface area contributed by atoms with Crippen molar-refractivity contribution in [2.45, 2.75) is 45.1 Å². The van der Waals surface area contributed by atoms with E-state index in [2.05, 4.69) is 4.98 Å². The van der Waals surface area contributed by atoms with Crippen LogP contribution in [0.1, 0.15) is 39.5 Å². The minimum Gasteiger partial charge on any atom is -0.474 e. The third kappa shape index (κ3) is 3.16. The van der Waals surface area contributed by atoms with Crippen molar-refractivity contribution in [3.05, 3.63) is 12.1 Å². The molecular weight excluding hydrogens is 308 g/mol. The van der Waals surface area contributed by atoms with Gasteiger partial charge in [0.1, 0.15) is 12.4 Å². The first-order chi connectivity index (χ1) is 11.4. The third-order valence-corrected chi connectivity index (χ3v) is 4.49. The number of pyridine rings is 1. The first kappa shape index (κ1) is 16.5. The van der Waals surface area contributed by atoms with Gasteiger partial charge in [-0.15, -0.1) is 0 Å². The second-order valence-corrected chi connectivity index (χ2v) is 6.86. The van der Waals surface area contributed by atoms with Crippen LogP contribution in [0.2, 0.25) is 0 Å². The number of aromatic nitrogens is 1. The Morgan fingerprint density at radius 1 is 1.25 bits per heavy atom. The number of carbonyl (C=O) groups is 2. The lowest BCUT2D eigenvalue weighted by Gasteiger charge is -2.38. The Bertz CT molecular complexity index is 651. The van der Waals surface area contributed by atoms with Gasteiger partial charge >= 0.3 is 0 Å². The van der Waals surface area contributed by atoms with Crippen LogP contribution in [0.15, 0.2) is 12.1 Å². The van der Waals surface area contributed by atoms with Crippen molar-refractivity contribution in [2.24, 2.45) is 0 Å². The van der Waals surface area contributed by atoms with Gasteiger partial charge in [-0.25, -0.2) is 4.98 Å². The fourth-order valence-corrected chi connectivity index (χ4v) is 3.17. The number of hydrogen-bond acceptors (Lipinski definition) is 5. The Labute approximate surface area is 141 Å². The lowest BCUT2D eigenvalue weighted by atomic mass is 10.1. The van der Waals surface area contributed by atoms with Crippen molar-refractivity contribution in [2.75, 3.05) is 30.3 Å². The molecule has 1 aromatic heterocycles. The van der Waals surface area contributed by atoms with Crippen molar-refractivity contribution in [3.63, 3.8) is 0 Å². The summed E-state index contributed by atoms with van der Waals surface area (Å²) in [6.45, 7) is 4.85. The zero-order valence-electron chi connectivity index (χ0n) is 14.2. The van der Waals surface area contributed by atoms with E-state index in [0.717, 1.165) is 38.8 Å². The molecule has 0 aliphatic carbocycles. The normalized spacial score (nSPS) is 20.2. The van der Waals surface area contributed by atoms with Gasteiger partial charge in [0.25, 0.3) is 5.91 Å². The predicted molar refractivity (Wildman–Crippen MR) is 90.8 cm³/mol. The van der Waals surface area contributed by atoms with Crippen molar-refractivity contribution < 1.29 is 14.3 Å². The molecule has 1 aromatic rings. The molecule has 0 atom stereocenters. The molecule has 0 saturated carbocycles. The number of carbonyl (C=O) groups excluding carboxylic acids is 2. The number of amides is 2. The topological polar surface area (TPSA) is 88.8 Å². The second kappa shape index (κ2) is 6.30. The third-order valence-electron chi connectivity index (χ3n) is 4.49. The molecule has 2 N–H and O–H groups in total. The summed E-state index contributed by atoms with van der Waals surface area (Å²) in [5, 5.41) is 0. The molecule has 7 nitrogen and oxygen atoms in total. The molecule has 3 rings (SSSR count). The summed E-state index contributed by atoms with van der Waals surface area (Å²) >= 11 is 0. The summed E-state index contributed by atoms with van der Waals surface area (Å²) < 4.78 is 5.73. The van der Waals surface area contributed by atoms with E-state index in [1.165, 1.54) is 4.90 Å². The smallest absolute Gasteiger partial charge is 0.272 e. The monoisotopic (exact) mass is 332 g/mol. The highest BCUT2D eigenvalue weighted by molar-refractivity contribution is 6.05. The number of hydrogen-bond donors (Lipinski definition) is 1. The molecular formula is C17H24N4O3. The van der Waals surface area contributed by atoms with Crippen molar-refractivity contribution in [1.82, 2.24) is 9.88 Å². The summed E-state index contributed by atoms with van der Waals surface area (Å²) in [6, 6.07) is 3.31. The van der Waals surface area contributed by atoms with E-state index in [1.54, 1.807) is 26.0 Å². The number of fused-ring (bicyclic) bond motifs is 1. The van der Waals surface area contributed by atoms with E-state index in [9.17, 15) is 9.59 Å². The average molecular weight is 332 g/mol. The van der Waals surface area contributed by atoms with E-state index in [4.69, 9.17) is 10.5 Å². The Kier molecular flexibility index (Phi) is 4.34. The summed E-state index contributed by atoms with van der Waals surface area (Å²) in [5.41, 5.74) is 4.71. The van der Waals surface area contributed by atoms with Crippen molar-refractivity contribution in [3.8, 4) is 5.75 Å². The van der Waals surface area contributed by atoms with E-state index in [1.807, 2.05) is 4.90 Å². The molecule has 0 unspecified atom stereocenters. The summed E-state index contributed by atoms with van der Waals surface area (Å²) in [6.07, 6.45) is 4.31. The standard InChI is InChI=1S/C17H24N4O3/c1-17(2)16(23)21(15-12(24-17)7-8-13(18)19-15)11-14(22)20-9-5-3-4-6-10-20/h7-8H,3-6,9-11H2,1-2H3,(H2,18,19). The molecule has 0 radical (unpaired) electrons. The number of nitrogens with two attached hydrogens (primary N) is 1. The zero-order valence-corrected chi connectivity index (χ0v) is 14.2. The van der Waals surface area contributed by atoms with Crippen molar-refractivity contribution in [1.29, 1.82) is 0 Å². The number of anilines is 2. The maximum Gasteiger partial charge on any atom is 0.272 e. The highest BCUT2D eigenvalue weighted by Crippen LogP contribution is 2.36. The Morgan fingerprint density at radius 3 is 2.58 bits per heavy atom. The van der Waals surface area contributed by atoms with Gasteiger partial charge < -0.3 is 15.4 Å². The quantitative estimate of drug-likeness (QED) is 0.888. The first-order valence-electron chi connectivity index (χ1n) is 8.44. The fraction of sp³-hybridized carbons (Fsp3) is 0.588. The molecule has 3 heterocycles. The number of ether oxygens (including phenoxy) is 1. The van der Waals surface area contributed by atoms with E-state index >= 15 is 0 Å². The summed E-state index contributed by atoms with van der Waals surface area (Å²) in [7, 11) is 0. The van der Waals surface area contributed by atoms with Crippen LogP contribution in [-0.4, -0.2) is 46.9 Å². The number of likely N-dealkylation sites (tertiary alicyclic amines) is 1. The summed E-state index contributed by atoms with van der Waals surface area (Å²) in [4.78, 5) is 32.9. The SMILES string of the molecule is CC1(C)Oc2ccc(N)nc2N(CC(=O)N2CCCCCC2)C1=O.